The fourth-order valence-electron chi connectivity index (χ4n) is 4.35. The van der Waals surface area contributed by atoms with E-state index < -0.39 is 41.8 Å². The summed E-state index contributed by atoms with van der Waals surface area (Å²) >= 11 is 0. The zero-order valence-corrected chi connectivity index (χ0v) is 26.8. The Morgan fingerprint density at radius 1 is 0.500 bits per heavy atom. The molecule has 14 nitrogen and oxygen atoms in total. The highest BCUT2D eigenvalue weighted by molar-refractivity contribution is 7.86. The quantitative estimate of drug-likeness (QED) is 0.0986. The molecule has 0 unspecified atom stereocenters. The molecule has 0 fully saturated rings. The van der Waals surface area contributed by atoms with Gasteiger partial charge in [-0.25, -0.2) is 0 Å². The Morgan fingerprint density at radius 2 is 0.812 bits per heavy atom. The van der Waals surface area contributed by atoms with E-state index in [1.165, 1.54) is 98.8 Å². The van der Waals surface area contributed by atoms with Gasteiger partial charge in [0.05, 0.1) is 0 Å². The fraction of sp³-hybridized carbons (Fsp3) is 0.0625. The highest BCUT2D eigenvalue weighted by Crippen LogP contribution is 2.27. The summed E-state index contributed by atoms with van der Waals surface area (Å²) in [5.74, 6) is -1.81. The summed E-state index contributed by atoms with van der Waals surface area (Å²) in [6, 6.07) is 19.0. The third-order valence-corrected chi connectivity index (χ3v) is 8.29. The smallest absolute Gasteiger partial charge is 0.295 e. The van der Waals surface area contributed by atoms with Crippen LogP contribution in [0.2, 0.25) is 0 Å². The molecule has 0 aliphatic carbocycles. The Bertz CT molecular complexity index is 2010. The number of carbonyl (C=O) groups is 4. The largest absolute Gasteiger partial charge is 0.326 e. The van der Waals surface area contributed by atoms with E-state index >= 15 is 0 Å². The van der Waals surface area contributed by atoms with Crippen molar-refractivity contribution < 1.29 is 45.1 Å². The van der Waals surface area contributed by atoms with Gasteiger partial charge in [-0.1, -0.05) is 24.3 Å². The summed E-state index contributed by atoms with van der Waals surface area (Å²) in [7, 11) is -9.70. The molecule has 0 aromatic heterocycles. The summed E-state index contributed by atoms with van der Waals surface area (Å²) in [5.41, 5.74) is 1.17. The van der Waals surface area contributed by atoms with Gasteiger partial charge in [0.15, 0.2) is 0 Å². The second-order valence-corrected chi connectivity index (χ2v) is 13.0. The first kappa shape index (κ1) is 35.2. The lowest BCUT2D eigenvalue weighted by atomic mass is 10.1. The SMILES string of the molecule is CC(=O)Nc1ccc(C(=O)Nc2ccc(C=Cc3ccc(NC(=O)c4ccc(NC(C)=O)cc4)cc3S(=O)(=O)O)c(S(=O)(=O)O)c2)cc1. The Hall–Kier alpha value is -5.68. The van der Waals surface area contributed by atoms with Crippen LogP contribution in [0, 0.1) is 0 Å². The molecule has 4 amide bonds. The molecular formula is C32H28N4O10S2. The Balaban J connectivity index is 1.57. The van der Waals surface area contributed by atoms with Crippen LogP contribution in [0.25, 0.3) is 12.2 Å². The third kappa shape index (κ3) is 9.43. The van der Waals surface area contributed by atoms with Crippen LogP contribution in [-0.4, -0.2) is 49.6 Å². The molecule has 48 heavy (non-hydrogen) atoms. The molecule has 0 aliphatic rings. The van der Waals surface area contributed by atoms with E-state index in [-0.39, 0.29) is 45.4 Å². The number of hydrogen-bond acceptors (Lipinski definition) is 8. The number of benzene rings is 4. The van der Waals surface area contributed by atoms with Crippen molar-refractivity contribution in [2.45, 2.75) is 23.6 Å². The van der Waals surface area contributed by atoms with Crippen molar-refractivity contribution >= 4 is 78.8 Å². The van der Waals surface area contributed by atoms with Crippen molar-refractivity contribution in [3.63, 3.8) is 0 Å². The van der Waals surface area contributed by atoms with Crippen molar-refractivity contribution in [1.29, 1.82) is 0 Å². The van der Waals surface area contributed by atoms with Gasteiger partial charge < -0.3 is 21.3 Å². The molecule has 0 atom stereocenters. The van der Waals surface area contributed by atoms with Gasteiger partial charge in [0, 0.05) is 47.7 Å². The van der Waals surface area contributed by atoms with Gasteiger partial charge in [-0.3, -0.25) is 28.3 Å². The monoisotopic (exact) mass is 692 g/mol. The molecule has 4 aromatic rings. The van der Waals surface area contributed by atoms with E-state index in [0.717, 1.165) is 12.1 Å². The summed E-state index contributed by atoms with van der Waals surface area (Å²) < 4.78 is 68.7. The van der Waals surface area contributed by atoms with E-state index in [1.807, 2.05) is 0 Å². The van der Waals surface area contributed by atoms with Gasteiger partial charge >= 0.3 is 0 Å². The van der Waals surface area contributed by atoms with Gasteiger partial charge in [-0.05, 0) is 83.9 Å². The molecule has 4 aromatic carbocycles. The van der Waals surface area contributed by atoms with Gasteiger partial charge in [-0.15, -0.1) is 0 Å². The van der Waals surface area contributed by atoms with E-state index in [1.54, 1.807) is 0 Å². The topological polar surface area (TPSA) is 225 Å². The minimum Gasteiger partial charge on any atom is -0.326 e. The predicted octanol–water partition coefficient (Wildman–Crippen LogP) is 4.77. The van der Waals surface area contributed by atoms with Crippen LogP contribution in [0.1, 0.15) is 45.7 Å². The Morgan fingerprint density at radius 3 is 1.10 bits per heavy atom. The van der Waals surface area contributed by atoms with Crippen molar-refractivity contribution in [2.24, 2.45) is 0 Å². The number of anilines is 4. The number of rotatable bonds is 10. The van der Waals surface area contributed by atoms with Crippen molar-refractivity contribution in [3.8, 4) is 0 Å². The first-order valence-electron chi connectivity index (χ1n) is 13.8. The van der Waals surface area contributed by atoms with Gasteiger partial charge in [0.2, 0.25) is 11.8 Å². The third-order valence-electron chi connectivity index (χ3n) is 6.48. The molecule has 4 rings (SSSR count). The molecule has 0 spiro atoms. The Kier molecular flexibility index (Phi) is 10.5. The van der Waals surface area contributed by atoms with Crippen molar-refractivity contribution in [2.75, 3.05) is 21.3 Å². The summed E-state index contributed by atoms with van der Waals surface area (Å²) in [6.07, 6.45) is 2.35. The fourth-order valence-corrected chi connectivity index (χ4v) is 5.77. The van der Waals surface area contributed by atoms with Gasteiger partial charge in [0.25, 0.3) is 32.1 Å². The Labute approximate surface area is 275 Å². The van der Waals surface area contributed by atoms with Crippen LogP contribution in [0.3, 0.4) is 0 Å². The van der Waals surface area contributed by atoms with Gasteiger partial charge in [-0.2, -0.15) is 16.8 Å². The van der Waals surface area contributed by atoms with Crippen LogP contribution in [-0.2, 0) is 29.8 Å². The van der Waals surface area contributed by atoms with Crippen LogP contribution in [0.15, 0.2) is 94.7 Å². The maximum atomic E-state index is 12.7. The number of nitrogens with one attached hydrogen (secondary N) is 4. The van der Waals surface area contributed by atoms with E-state index in [4.69, 9.17) is 0 Å². The number of carbonyl (C=O) groups excluding carboxylic acids is 4. The highest BCUT2D eigenvalue weighted by Gasteiger charge is 2.19. The maximum Gasteiger partial charge on any atom is 0.295 e. The predicted molar refractivity (Wildman–Crippen MR) is 179 cm³/mol. The molecule has 6 N–H and O–H groups in total. The first-order valence-corrected chi connectivity index (χ1v) is 16.7. The maximum absolute atomic E-state index is 12.7. The lowest BCUT2D eigenvalue weighted by Gasteiger charge is -2.11. The molecule has 0 saturated carbocycles. The van der Waals surface area contributed by atoms with E-state index in [9.17, 15) is 45.1 Å². The van der Waals surface area contributed by atoms with Crippen molar-refractivity contribution in [1.82, 2.24) is 0 Å². The number of hydrogen-bond donors (Lipinski definition) is 6. The second kappa shape index (κ2) is 14.4. The summed E-state index contributed by atoms with van der Waals surface area (Å²) in [5, 5.41) is 10.2. The minimum atomic E-state index is -4.85. The standard InChI is InChI=1S/C32H28N4O10S2/c1-19(37)33-25-11-7-23(8-12-25)31(39)35-27-15-5-21(29(17-27)47(41,42)43)3-4-22-6-16-28(18-30(22)48(44,45)46)36-32(40)24-9-13-26(14-10-24)34-20(2)38/h3-18H,1-2H3,(H,33,37)(H,34,38)(H,35,39)(H,36,40)(H,41,42,43)(H,44,45,46). The van der Waals surface area contributed by atoms with Crippen molar-refractivity contribution in [3.05, 3.63) is 107 Å². The van der Waals surface area contributed by atoms with E-state index in [2.05, 4.69) is 21.3 Å². The molecule has 0 saturated heterocycles. The first-order chi connectivity index (χ1) is 22.5. The average Bonchev–Trinajstić information content (AvgIpc) is 3.00. The number of amides is 4. The molecular weight excluding hydrogens is 665 g/mol. The highest BCUT2D eigenvalue weighted by atomic mass is 32.2. The molecule has 248 valence electrons. The normalized spacial score (nSPS) is 11.5. The van der Waals surface area contributed by atoms with Crippen LogP contribution in [0.4, 0.5) is 22.7 Å². The van der Waals surface area contributed by atoms with Gasteiger partial charge in [0.1, 0.15) is 9.79 Å². The average molecular weight is 693 g/mol. The van der Waals surface area contributed by atoms with Crippen LogP contribution in [0.5, 0.6) is 0 Å². The minimum absolute atomic E-state index is 0.0131. The molecule has 0 radical (unpaired) electrons. The molecule has 0 aliphatic heterocycles. The lowest BCUT2D eigenvalue weighted by Crippen LogP contribution is -2.13. The zero-order chi connectivity index (χ0) is 35.2. The molecule has 16 heteroatoms. The lowest BCUT2D eigenvalue weighted by molar-refractivity contribution is -0.115. The van der Waals surface area contributed by atoms with E-state index in [0.29, 0.717) is 11.4 Å². The summed E-state index contributed by atoms with van der Waals surface area (Å²) in [6.45, 7) is 2.66. The summed E-state index contributed by atoms with van der Waals surface area (Å²) in [4.78, 5) is 46.6. The molecule has 0 heterocycles. The van der Waals surface area contributed by atoms with Crippen LogP contribution >= 0.6 is 0 Å². The molecule has 0 bridgehead atoms. The zero-order valence-electron chi connectivity index (χ0n) is 25.2. The van der Waals surface area contributed by atoms with Crippen LogP contribution < -0.4 is 21.3 Å². The second-order valence-electron chi connectivity index (χ2n) is 10.2.